The lowest BCUT2D eigenvalue weighted by Gasteiger charge is -2.58. The highest BCUT2D eigenvalue weighted by molar-refractivity contribution is 5.92. The number of para-hydroxylation sites is 1. The van der Waals surface area contributed by atoms with Crippen molar-refractivity contribution in [2.75, 3.05) is 13.2 Å². The van der Waals surface area contributed by atoms with Crippen molar-refractivity contribution in [2.24, 2.45) is 5.41 Å². The Bertz CT molecular complexity index is 686. The van der Waals surface area contributed by atoms with Gasteiger partial charge in [0.2, 0.25) is 5.91 Å². The minimum absolute atomic E-state index is 0.184. The molecule has 1 aliphatic carbocycles. The molecule has 136 valence electrons. The summed E-state index contributed by atoms with van der Waals surface area (Å²) >= 11 is 0. The summed E-state index contributed by atoms with van der Waals surface area (Å²) in [5.74, 6) is -0.982. The molecule has 0 saturated heterocycles. The molecule has 1 fully saturated rings. The van der Waals surface area contributed by atoms with E-state index in [0.717, 1.165) is 5.56 Å². The summed E-state index contributed by atoms with van der Waals surface area (Å²) in [6.45, 7) is 6.52. The number of carbonyl (C=O) groups is 2. The summed E-state index contributed by atoms with van der Waals surface area (Å²) < 4.78 is 11.2. The zero-order valence-corrected chi connectivity index (χ0v) is 14.9. The second-order valence-corrected chi connectivity index (χ2v) is 7.30. The monoisotopic (exact) mass is 347 g/mol. The van der Waals surface area contributed by atoms with Gasteiger partial charge in [-0.2, -0.15) is 0 Å². The van der Waals surface area contributed by atoms with Crippen molar-refractivity contribution in [1.29, 1.82) is 0 Å². The van der Waals surface area contributed by atoms with Crippen LogP contribution < -0.4 is 10.1 Å². The maximum atomic E-state index is 13.0. The van der Waals surface area contributed by atoms with E-state index in [0.29, 0.717) is 25.4 Å². The zero-order chi connectivity index (χ0) is 18.2. The summed E-state index contributed by atoms with van der Waals surface area (Å²) in [5.41, 5.74) is -1.18. The molecule has 1 aromatic carbocycles. The number of carbonyl (C=O) groups excluding carboxylic acids is 1. The van der Waals surface area contributed by atoms with Gasteiger partial charge in [0.1, 0.15) is 11.3 Å². The number of carboxylic acid groups (broad SMARTS) is 1. The standard InChI is InChI=1S/C19H25NO5/c1-4-24-15-11-19(17(22)23,18(15,2)3)20-16(21)13-9-10-25-14-8-6-5-7-12(13)14/h5-8,13,15H,4,9-11H2,1-3H3,(H,20,21)(H,22,23)/t13-,15+,19+/m0/s1. The Morgan fingerprint density at radius 2 is 2.08 bits per heavy atom. The second kappa shape index (κ2) is 6.33. The van der Waals surface area contributed by atoms with Gasteiger partial charge in [0, 0.05) is 24.0 Å². The number of amides is 1. The fourth-order valence-electron chi connectivity index (χ4n) is 3.95. The Morgan fingerprint density at radius 1 is 1.36 bits per heavy atom. The third-order valence-electron chi connectivity index (χ3n) is 5.74. The smallest absolute Gasteiger partial charge is 0.330 e. The van der Waals surface area contributed by atoms with Crippen molar-refractivity contribution in [3.63, 3.8) is 0 Å². The first kappa shape index (κ1) is 17.7. The van der Waals surface area contributed by atoms with E-state index in [4.69, 9.17) is 9.47 Å². The lowest BCUT2D eigenvalue weighted by molar-refractivity contribution is -0.195. The van der Waals surface area contributed by atoms with E-state index >= 15 is 0 Å². The average Bonchev–Trinajstić information content (AvgIpc) is 2.59. The Labute approximate surface area is 147 Å². The number of fused-ring (bicyclic) bond motifs is 1. The molecule has 1 aliphatic heterocycles. The van der Waals surface area contributed by atoms with E-state index in [-0.39, 0.29) is 18.4 Å². The highest BCUT2D eigenvalue weighted by Gasteiger charge is 2.66. The van der Waals surface area contributed by atoms with Crippen molar-refractivity contribution in [3.05, 3.63) is 29.8 Å². The highest BCUT2D eigenvalue weighted by atomic mass is 16.5. The van der Waals surface area contributed by atoms with Gasteiger partial charge in [-0.25, -0.2) is 4.79 Å². The van der Waals surface area contributed by atoms with Crippen LogP contribution in [0.5, 0.6) is 5.75 Å². The molecule has 1 saturated carbocycles. The summed E-state index contributed by atoms with van der Waals surface area (Å²) in [7, 11) is 0. The lowest BCUT2D eigenvalue weighted by Crippen LogP contribution is -2.76. The summed E-state index contributed by atoms with van der Waals surface area (Å²) in [5, 5.41) is 12.7. The van der Waals surface area contributed by atoms with Crippen LogP contribution in [0.2, 0.25) is 0 Å². The van der Waals surface area contributed by atoms with Crippen LogP contribution >= 0.6 is 0 Å². The maximum absolute atomic E-state index is 13.0. The average molecular weight is 347 g/mol. The second-order valence-electron chi connectivity index (χ2n) is 7.30. The van der Waals surface area contributed by atoms with Crippen LogP contribution in [-0.4, -0.2) is 41.8 Å². The number of aliphatic carboxylic acids is 1. The molecule has 1 heterocycles. The van der Waals surface area contributed by atoms with Gasteiger partial charge in [-0.05, 0) is 19.4 Å². The van der Waals surface area contributed by atoms with Crippen molar-refractivity contribution in [1.82, 2.24) is 5.32 Å². The molecule has 0 unspecified atom stereocenters. The molecule has 0 bridgehead atoms. The predicted molar refractivity (Wildman–Crippen MR) is 91.6 cm³/mol. The Morgan fingerprint density at radius 3 is 2.72 bits per heavy atom. The number of rotatable bonds is 5. The van der Waals surface area contributed by atoms with Gasteiger partial charge in [0.05, 0.1) is 18.6 Å². The Hall–Kier alpha value is -2.08. The minimum Gasteiger partial charge on any atom is -0.493 e. The van der Waals surface area contributed by atoms with E-state index in [1.165, 1.54) is 0 Å². The number of ether oxygens (including phenoxy) is 2. The topological polar surface area (TPSA) is 84.9 Å². The number of hydrogen-bond donors (Lipinski definition) is 2. The largest absolute Gasteiger partial charge is 0.493 e. The van der Waals surface area contributed by atoms with Crippen LogP contribution in [-0.2, 0) is 14.3 Å². The first-order valence-corrected chi connectivity index (χ1v) is 8.72. The molecule has 0 radical (unpaired) electrons. The Balaban J connectivity index is 1.83. The van der Waals surface area contributed by atoms with Crippen LogP contribution in [0, 0.1) is 5.41 Å². The number of hydrogen-bond acceptors (Lipinski definition) is 4. The molecule has 3 rings (SSSR count). The van der Waals surface area contributed by atoms with Crippen LogP contribution in [0.4, 0.5) is 0 Å². The van der Waals surface area contributed by atoms with Gasteiger partial charge in [-0.3, -0.25) is 4.79 Å². The van der Waals surface area contributed by atoms with E-state index in [1.54, 1.807) is 0 Å². The molecule has 1 aromatic rings. The number of benzene rings is 1. The van der Waals surface area contributed by atoms with Gasteiger partial charge in [-0.1, -0.05) is 32.0 Å². The molecular weight excluding hydrogens is 322 g/mol. The van der Waals surface area contributed by atoms with Crippen molar-refractivity contribution >= 4 is 11.9 Å². The first-order chi connectivity index (χ1) is 11.8. The van der Waals surface area contributed by atoms with Crippen molar-refractivity contribution < 1.29 is 24.2 Å². The van der Waals surface area contributed by atoms with E-state index in [2.05, 4.69) is 5.32 Å². The maximum Gasteiger partial charge on any atom is 0.330 e. The van der Waals surface area contributed by atoms with E-state index in [9.17, 15) is 14.7 Å². The molecule has 0 spiro atoms. The zero-order valence-electron chi connectivity index (χ0n) is 14.9. The van der Waals surface area contributed by atoms with E-state index < -0.39 is 22.8 Å². The SMILES string of the molecule is CCO[C@@H]1C[C@@](NC(=O)[C@H]2CCOc3ccccc32)(C(=O)O)C1(C)C. The van der Waals surface area contributed by atoms with Gasteiger partial charge in [-0.15, -0.1) is 0 Å². The third-order valence-corrected chi connectivity index (χ3v) is 5.74. The van der Waals surface area contributed by atoms with Crippen LogP contribution in [0.15, 0.2) is 24.3 Å². The molecule has 6 nitrogen and oxygen atoms in total. The first-order valence-electron chi connectivity index (χ1n) is 8.72. The normalized spacial score (nSPS) is 29.7. The van der Waals surface area contributed by atoms with Crippen LogP contribution in [0.25, 0.3) is 0 Å². The van der Waals surface area contributed by atoms with Crippen LogP contribution in [0.3, 0.4) is 0 Å². The van der Waals surface area contributed by atoms with Gasteiger partial charge in [0.15, 0.2) is 0 Å². The van der Waals surface area contributed by atoms with Crippen molar-refractivity contribution in [2.45, 2.75) is 51.2 Å². The number of carboxylic acids is 1. The molecule has 2 aliphatic rings. The summed E-state index contributed by atoms with van der Waals surface area (Å²) in [6, 6.07) is 7.42. The van der Waals surface area contributed by atoms with Crippen molar-refractivity contribution in [3.8, 4) is 5.75 Å². The van der Waals surface area contributed by atoms with Crippen LogP contribution in [0.1, 0.15) is 45.1 Å². The molecular formula is C19H25NO5. The molecule has 6 heteroatoms. The lowest BCUT2D eigenvalue weighted by atomic mass is 9.54. The summed E-state index contributed by atoms with van der Waals surface area (Å²) in [4.78, 5) is 25.0. The van der Waals surface area contributed by atoms with Gasteiger partial charge in [0.25, 0.3) is 0 Å². The quantitative estimate of drug-likeness (QED) is 0.854. The third kappa shape index (κ3) is 2.68. The molecule has 3 atom stereocenters. The molecule has 25 heavy (non-hydrogen) atoms. The predicted octanol–water partition coefficient (Wildman–Crippen LogP) is 2.33. The number of nitrogens with one attached hydrogen (secondary N) is 1. The fourth-order valence-corrected chi connectivity index (χ4v) is 3.95. The fraction of sp³-hybridized carbons (Fsp3) is 0.579. The van der Waals surface area contributed by atoms with Gasteiger partial charge >= 0.3 is 5.97 Å². The van der Waals surface area contributed by atoms with E-state index in [1.807, 2.05) is 45.0 Å². The molecule has 1 amide bonds. The highest BCUT2D eigenvalue weighted by Crippen LogP contribution is 2.52. The Kier molecular flexibility index (Phi) is 4.49. The van der Waals surface area contributed by atoms with Gasteiger partial charge < -0.3 is 19.9 Å². The summed E-state index contributed by atoms with van der Waals surface area (Å²) in [6.07, 6.45) is 0.629. The minimum atomic E-state index is -1.31. The molecule has 0 aromatic heterocycles. The molecule has 2 N–H and O–H groups in total.